The lowest BCUT2D eigenvalue weighted by molar-refractivity contribution is 0.0955. The Labute approximate surface area is 148 Å². The standard InChI is InChI=1S/C14H12BrN7O3/c1-21-10-9(12(24)19-14(21)25)22(13(15)18-10)7-6-17-20-11(23)8-2-4-16-5-3-8/h2-6H,7H2,1H3,(H,20,23)(H,19,24,25)/b17-6+. The average molecular weight is 406 g/mol. The molecule has 128 valence electrons. The molecule has 0 aliphatic rings. The van der Waals surface area contributed by atoms with E-state index >= 15 is 0 Å². The number of aryl methyl sites for hydroxylation is 1. The van der Waals surface area contributed by atoms with Gasteiger partial charge in [0.1, 0.15) is 0 Å². The molecule has 0 saturated heterocycles. The molecule has 3 heterocycles. The third-order valence-corrected chi connectivity index (χ3v) is 4.03. The van der Waals surface area contributed by atoms with Gasteiger partial charge >= 0.3 is 5.69 Å². The zero-order valence-electron chi connectivity index (χ0n) is 12.9. The SMILES string of the molecule is Cn1c(=O)[nH]c(=O)c2c1nc(Br)n2C/C=N/NC(=O)c1ccncc1. The van der Waals surface area contributed by atoms with Crippen molar-refractivity contribution < 1.29 is 4.79 Å². The molecule has 3 aromatic rings. The number of hydrazone groups is 1. The van der Waals surface area contributed by atoms with Crippen molar-refractivity contribution in [1.82, 2.24) is 29.5 Å². The number of carbonyl (C=O) groups is 1. The topological polar surface area (TPSA) is 127 Å². The van der Waals surface area contributed by atoms with Crippen molar-refractivity contribution in [3.05, 3.63) is 55.7 Å². The van der Waals surface area contributed by atoms with Crippen molar-refractivity contribution in [3.63, 3.8) is 0 Å². The summed E-state index contributed by atoms with van der Waals surface area (Å²) in [5.41, 5.74) is 2.17. The van der Waals surface area contributed by atoms with Crippen LogP contribution < -0.4 is 16.7 Å². The van der Waals surface area contributed by atoms with Crippen molar-refractivity contribution in [2.75, 3.05) is 0 Å². The van der Waals surface area contributed by atoms with E-state index in [4.69, 9.17) is 0 Å². The molecular weight excluding hydrogens is 394 g/mol. The highest BCUT2D eigenvalue weighted by atomic mass is 79.9. The van der Waals surface area contributed by atoms with Crippen molar-refractivity contribution in [2.45, 2.75) is 6.54 Å². The summed E-state index contributed by atoms with van der Waals surface area (Å²) in [6, 6.07) is 3.12. The van der Waals surface area contributed by atoms with Crippen LogP contribution in [-0.4, -0.2) is 36.2 Å². The summed E-state index contributed by atoms with van der Waals surface area (Å²) < 4.78 is 3.12. The fourth-order valence-corrected chi connectivity index (χ4v) is 2.66. The van der Waals surface area contributed by atoms with Gasteiger partial charge in [-0.15, -0.1) is 0 Å². The molecular formula is C14H12BrN7O3. The second kappa shape index (κ2) is 6.81. The zero-order valence-corrected chi connectivity index (χ0v) is 14.5. The van der Waals surface area contributed by atoms with Gasteiger partial charge in [-0.3, -0.25) is 24.1 Å². The van der Waals surface area contributed by atoms with Crippen LogP contribution >= 0.6 is 15.9 Å². The molecule has 0 aliphatic heterocycles. The van der Waals surface area contributed by atoms with Gasteiger partial charge in [0.05, 0.1) is 6.54 Å². The number of nitrogens with zero attached hydrogens (tertiary/aromatic N) is 5. The first kappa shape index (κ1) is 16.8. The van der Waals surface area contributed by atoms with E-state index in [1.54, 1.807) is 12.1 Å². The van der Waals surface area contributed by atoms with Crippen LogP contribution in [0.25, 0.3) is 11.2 Å². The van der Waals surface area contributed by atoms with E-state index in [9.17, 15) is 14.4 Å². The molecule has 11 heteroatoms. The monoisotopic (exact) mass is 405 g/mol. The maximum absolute atomic E-state index is 12.0. The smallest absolute Gasteiger partial charge is 0.307 e. The first-order valence-electron chi connectivity index (χ1n) is 7.06. The van der Waals surface area contributed by atoms with Crippen molar-refractivity contribution in [2.24, 2.45) is 12.1 Å². The minimum atomic E-state index is -0.550. The Balaban J connectivity index is 1.81. The zero-order chi connectivity index (χ0) is 18.0. The quantitative estimate of drug-likeness (QED) is 0.358. The summed E-state index contributed by atoms with van der Waals surface area (Å²) in [6.07, 6.45) is 4.42. The van der Waals surface area contributed by atoms with E-state index < -0.39 is 11.2 Å². The predicted molar refractivity (Wildman–Crippen MR) is 93.5 cm³/mol. The van der Waals surface area contributed by atoms with Crippen molar-refractivity contribution >= 4 is 39.2 Å². The largest absolute Gasteiger partial charge is 0.329 e. The van der Waals surface area contributed by atoms with Gasteiger partial charge in [0.15, 0.2) is 15.9 Å². The molecule has 2 N–H and O–H groups in total. The van der Waals surface area contributed by atoms with Gasteiger partial charge in [-0.05, 0) is 28.1 Å². The molecule has 0 radical (unpaired) electrons. The molecule has 0 fully saturated rings. The summed E-state index contributed by atoms with van der Waals surface area (Å²) in [7, 11) is 1.51. The van der Waals surface area contributed by atoms with Crippen LogP contribution in [0.2, 0.25) is 0 Å². The Kier molecular flexibility index (Phi) is 4.57. The molecule has 0 bridgehead atoms. The number of halogens is 1. The van der Waals surface area contributed by atoms with Crippen LogP contribution in [0.5, 0.6) is 0 Å². The summed E-state index contributed by atoms with van der Waals surface area (Å²) >= 11 is 3.25. The van der Waals surface area contributed by atoms with E-state index in [1.165, 1.54) is 34.8 Å². The second-order valence-corrected chi connectivity index (χ2v) is 5.68. The highest BCUT2D eigenvalue weighted by Crippen LogP contribution is 2.15. The number of amides is 1. The van der Waals surface area contributed by atoms with Gasteiger partial charge in [-0.2, -0.15) is 5.10 Å². The van der Waals surface area contributed by atoms with Gasteiger partial charge in [0.25, 0.3) is 11.5 Å². The van der Waals surface area contributed by atoms with E-state index in [-0.39, 0.29) is 23.6 Å². The average Bonchev–Trinajstić information content (AvgIpc) is 2.94. The van der Waals surface area contributed by atoms with Crippen LogP contribution in [0.3, 0.4) is 0 Å². The molecule has 0 aromatic carbocycles. The normalized spacial score (nSPS) is 11.3. The van der Waals surface area contributed by atoms with Crippen molar-refractivity contribution in [3.8, 4) is 0 Å². The lowest BCUT2D eigenvalue weighted by Gasteiger charge is -2.02. The Hall–Kier alpha value is -3.08. The third-order valence-electron chi connectivity index (χ3n) is 3.42. The van der Waals surface area contributed by atoms with Crippen LogP contribution in [0, 0.1) is 0 Å². The highest BCUT2D eigenvalue weighted by Gasteiger charge is 2.14. The maximum Gasteiger partial charge on any atom is 0.329 e. The number of imidazole rings is 1. The number of H-pyrrole nitrogens is 1. The first-order chi connectivity index (χ1) is 12.0. The maximum atomic E-state index is 12.0. The Bertz CT molecular complexity index is 1080. The van der Waals surface area contributed by atoms with E-state index in [2.05, 4.69) is 41.4 Å². The minimum absolute atomic E-state index is 0.162. The minimum Gasteiger partial charge on any atom is -0.307 e. The van der Waals surface area contributed by atoms with E-state index in [1.807, 2.05) is 0 Å². The number of hydrogen-bond donors (Lipinski definition) is 2. The van der Waals surface area contributed by atoms with Gasteiger partial charge < -0.3 is 4.57 Å². The Morgan fingerprint density at radius 1 is 1.40 bits per heavy atom. The van der Waals surface area contributed by atoms with Gasteiger partial charge in [-0.1, -0.05) is 0 Å². The molecule has 25 heavy (non-hydrogen) atoms. The molecule has 10 nitrogen and oxygen atoms in total. The van der Waals surface area contributed by atoms with Crippen LogP contribution in [0.4, 0.5) is 0 Å². The highest BCUT2D eigenvalue weighted by molar-refractivity contribution is 9.10. The number of fused-ring (bicyclic) bond motifs is 1. The fourth-order valence-electron chi connectivity index (χ4n) is 2.17. The summed E-state index contributed by atoms with van der Waals surface area (Å²) in [4.78, 5) is 45.7. The van der Waals surface area contributed by atoms with Gasteiger partial charge in [0.2, 0.25) is 0 Å². The molecule has 3 aromatic heterocycles. The summed E-state index contributed by atoms with van der Waals surface area (Å²) in [6.45, 7) is 0.162. The van der Waals surface area contributed by atoms with Crippen LogP contribution in [0.1, 0.15) is 10.4 Å². The molecule has 0 atom stereocenters. The molecule has 0 spiro atoms. The molecule has 1 amide bonds. The number of rotatable bonds is 4. The first-order valence-corrected chi connectivity index (χ1v) is 7.85. The van der Waals surface area contributed by atoms with Gasteiger partial charge in [0, 0.05) is 31.2 Å². The Morgan fingerprint density at radius 2 is 2.12 bits per heavy atom. The lowest BCUT2D eigenvalue weighted by Crippen LogP contribution is -2.29. The number of hydrogen-bond acceptors (Lipinski definition) is 6. The molecule has 0 aliphatic carbocycles. The van der Waals surface area contributed by atoms with Gasteiger partial charge in [-0.25, -0.2) is 15.2 Å². The summed E-state index contributed by atoms with van der Waals surface area (Å²) in [5, 5.41) is 3.84. The number of nitrogens with one attached hydrogen (secondary N) is 2. The number of aromatic amines is 1. The number of carbonyl (C=O) groups excluding carboxylic acids is 1. The summed E-state index contributed by atoms with van der Waals surface area (Å²) in [5.74, 6) is -0.381. The molecule has 3 rings (SSSR count). The molecule has 0 saturated carbocycles. The lowest BCUT2D eigenvalue weighted by atomic mass is 10.3. The Morgan fingerprint density at radius 3 is 2.84 bits per heavy atom. The third kappa shape index (κ3) is 3.26. The number of pyridine rings is 1. The van der Waals surface area contributed by atoms with E-state index in [0.29, 0.717) is 10.3 Å². The predicted octanol–water partition coefficient (Wildman–Crippen LogP) is -0.00340. The van der Waals surface area contributed by atoms with Crippen molar-refractivity contribution in [1.29, 1.82) is 0 Å². The van der Waals surface area contributed by atoms with E-state index in [0.717, 1.165) is 0 Å². The fraction of sp³-hybridized carbons (Fsp3) is 0.143. The van der Waals surface area contributed by atoms with Crippen LogP contribution in [0.15, 0.2) is 44.0 Å². The van der Waals surface area contributed by atoms with Crippen LogP contribution in [-0.2, 0) is 13.6 Å². The molecule has 0 unspecified atom stereocenters. The number of aromatic nitrogens is 5. The second-order valence-electron chi connectivity index (χ2n) is 4.97.